The van der Waals surface area contributed by atoms with Crippen LogP contribution in [0.5, 0.6) is 11.5 Å². The van der Waals surface area contributed by atoms with E-state index >= 15 is 0 Å². The lowest BCUT2D eigenvalue weighted by molar-refractivity contribution is 0.267. The lowest BCUT2D eigenvalue weighted by Gasteiger charge is -2.21. The van der Waals surface area contributed by atoms with Crippen molar-refractivity contribution in [3.63, 3.8) is 0 Å². The fraction of sp³-hybridized carbons (Fsp3) is 0.250. The summed E-state index contributed by atoms with van der Waals surface area (Å²) in [6.45, 7) is 8.59. The van der Waals surface area contributed by atoms with E-state index in [1.807, 2.05) is 58.0 Å². The highest BCUT2D eigenvalue weighted by Crippen LogP contribution is 2.37. The lowest BCUT2D eigenvalue weighted by Crippen LogP contribution is -2.29. The Hall–Kier alpha value is -2.39. The van der Waals surface area contributed by atoms with Gasteiger partial charge in [0.2, 0.25) is 0 Å². The number of benzene rings is 3. The van der Waals surface area contributed by atoms with E-state index in [1.54, 1.807) is 24.4 Å². The highest BCUT2D eigenvalue weighted by molar-refractivity contribution is 9.10. The van der Waals surface area contributed by atoms with E-state index in [0.717, 1.165) is 10.0 Å². The molecule has 0 radical (unpaired) electrons. The molecule has 0 saturated carbocycles. The van der Waals surface area contributed by atoms with Crippen LogP contribution in [0.25, 0.3) is 10.9 Å². The van der Waals surface area contributed by atoms with E-state index in [1.165, 1.54) is 4.68 Å². The van der Waals surface area contributed by atoms with Gasteiger partial charge in [-0.25, -0.2) is 4.98 Å². The Morgan fingerprint density at radius 3 is 2.47 bits per heavy atom. The SMILES string of the molecule is CCOc1cc(C=Nn2c(C(C)(C)C)nc3ccc(Br)cc3c2=O)cc(Br)c1OCc1ccc(Cl)c(Cl)c1. The summed E-state index contributed by atoms with van der Waals surface area (Å²) in [4.78, 5) is 18.2. The third-order valence-corrected chi connectivity index (χ3v) is 7.32. The van der Waals surface area contributed by atoms with Crippen LogP contribution in [-0.2, 0) is 12.0 Å². The molecule has 0 spiro atoms. The number of fused-ring (bicyclic) bond motifs is 1. The van der Waals surface area contributed by atoms with Crippen molar-refractivity contribution in [2.75, 3.05) is 6.61 Å². The van der Waals surface area contributed by atoms with Crippen molar-refractivity contribution in [1.82, 2.24) is 9.66 Å². The summed E-state index contributed by atoms with van der Waals surface area (Å²) in [6.07, 6.45) is 1.61. The minimum Gasteiger partial charge on any atom is -0.490 e. The Kier molecular flexibility index (Phi) is 8.87. The summed E-state index contributed by atoms with van der Waals surface area (Å²) in [5.41, 5.74) is 1.53. The molecule has 0 unspecified atom stereocenters. The summed E-state index contributed by atoms with van der Waals surface area (Å²) < 4.78 is 14.8. The molecule has 1 aromatic heterocycles. The number of hydrogen-bond acceptors (Lipinski definition) is 5. The zero-order valence-electron chi connectivity index (χ0n) is 21.2. The Morgan fingerprint density at radius 1 is 1.03 bits per heavy atom. The molecular formula is C28H25Br2Cl2N3O3. The lowest BCUT2D eigenvalue weighted by atomic mass is 9.95. The van der Waals surface area contributed by atoms with Gasteiger partial charge in [-0.15, -0.1) is 0 Å². The van der Waals surface area contributed by atoms with Gasteiger partial charge in [-0.05, 0) is 76.4 Å². The molecule has 38 heavy (non-hydrogen) atoms. The van der Waals surface area contributed by atoms with Crippen molar-refractivity contribution in [1.29, 1.82) is 0 Å². The zero-order valence-corrected chi connectivity index (χ0v) is 25.9. The number of hydrogen-bond donors (Lipinski definition) is 0. The second-order valence-corrected chi connectivity index (χ2v) is 12.1. The monoisotopic (exact) mass is 679 g/mol. The molecule has 4 rings (SSSR count). The largest absolute Gasteiger partial charge is 0.490 e. The average Bonchev–Trinajstić information content (AvgIpc) is 2.85. The van der Waals surface area contributed by atoms with Crippen LogP contribution in [0.2, 0.25) is 10.0 Å². The van der Waals surface area contributed by atoms with Crippen molar-refractivity contribution in [2.45, 2.75) is 39.7 Å². The predicted octanol–water partition coefficient (Wildman–Crippen LogP) is 8.39. The molecule has 10 heteroatoms. The topological polar surface area (TPSA) is 65.7 Å². The van der Waals surface area contributed by atoms with Crippen LogP contribution in [-0.4, -0.2) is 22.5 Å². The predicted molar refractivity (Wildman–Crippen MR) is 161 cm³/mol. The second kappa shape index (κ2) is 11.8. The molecule has 4 aromatic rings. The molecule has 0 fully saturated rings. The first-order valence-corrected chi connectivity index (χ1v) is 14.1. The summed E-state index contributed by atoms with van der Waals surface area (Å²) in [7, 11) is 0. The molecule has 0 N–H and O–H groups in total. The molecule has 0 bridgehead atoms. The van der Waals surface area contributed by atoms with Crippen molar-refractivity contribution in [3.05, 3.63) is 94.8 Å². The maximum absolute atomic E-state index is 13.4. The molecule has 0 aliphatic heterocycles. The number of rotatable bonds is 7. The standard InChI is InChI=1S/C28H25Br2Cl2N3O3/c1-5-37-24-12-17(10-20(30)25(24)38-15-16-6-8-21(31)22(32)11-16)14-33-35-26(36)19-13-18(29)7-9-23(19)34-27(35)28(2,3)4/h6-14H,5,15H2,1-4H3. The van der Waals surface area contributed by atoms with Gasteiger partial charge in [0.15, 0.2) is 11.5 Å². The minimum absolute atomic E-state index is 0.247. The number of aromatic nitrogens is 2. The van der Waals surface area contributed by atoms with E-state index in [-0.39, 0.29) is 12.2 Å². The number of halogens is 4. The van der Waals surface area contributed by atoms with E-state index in [4.69, 9.17) is 37.7 Å². The first-order chi connectivity index (χ1) is 18.0. The Bertz CT molecular complexity index is 1600. The van der Waals surface area contributed by atoms with Crippen LogP contribution in [0, 0.1) is 0 Å². The average molecular weight is 682 g/mol. The molecule has 3 aromatic carbocycles. The van der Waals surface area contributed by atoms with Gasteiger partial charge in [-0.2, -0.15) is 9.78 Å². The van der Waals surface area contributed by atoms with Crippen LogP contribution in [0.4, 0.5) is 0 Å². The van der Waals surface area contributed by atoms with Crippen molar-refractivity contribution in [3.8, 4) is 11.5 Å². The molecule has 0 saturated heterocycles. The number of nitrogens with zero attached hydrogens (tertiary/aromatic N) is 3. The minimum atomic E-state index is -0.420. The Labute approximate surface area is 247 Å². The fourth-order valence-electron chi connectivity index (χ4n) is 3.72. The van der Waals surface area contributed by atoms with E-state index in [0.29, 0.717) is 54.9 Å². The van der Waals surface area contributed by atoms with Gasteiger partial charge in [-0.1, -0.05) is 66.0 Å². The van der Waals surface area contributed by atoms with E-state index in [2.05, 4.69) is 37.0 Å². The maximum atomic E-state index is 13.4. The van der Waals surface area contributed by atoms with E-state index < -0.39 is 5.41 Å². The second-order valence-electron chi connectivity index (χ2n) is 9.51. The molecule has 0 atom stereocenters. The zero-order chi connectivity index (χ0) is 27.6. The molecule has 6 nitrogen and oxygen atoms in total. The molecule has 0 aliphatic rings. The highest BCUT2D eigenvalue weighted by Gasteiger charge is 2.23. The van der Waals surface area contributed by atoms with E-state index in [9.17, 15) is 4.79 Å². The van der Waals surface area contributed by atoms with Gasteiger partial charge < -0.3 is 9.47 Å². The third kappa shape index (κ3) is 6.42. The highest BCUT2D eigenvalue weighted by atomic mass is 79.9. The summed E-state index contributed by atoms with van der Waals surface area (Å²) >= 11 is 19.2. The van der Waals surface area contributed by atoms with Crippen LogP contribution >= 0.6 is 55.1 Å². The molecule has 1 heterocycles. The van der Waals surface area contributed by atoms with Gasteiger partial charge >= 0.3 is 0 Å². The fourth-order valence-corrected chi connectivity index (χ4v) is 4.97. The van der Waals surface area contributed by atoms with Crippen LogP contribution in [0.1, 0.15) is 44.6 Å². The smallest absolute Gasteiger partial charge is 0.282 e. The normalized spacial score (nSPS) is 11.9. The molecule has 198 valence electrons. The maximum Gasteiger partial charge on any atom is 0.282 e. The summed E-state index contributed by atoms with van der Waals surface area (Å²) in [6, 6.07) is 14.5. The van der Waals surface area contributed by atoms with Crippen LogP contribution < -0.4 is 15.0 Å². The van der Waals surface area contributed by atoms with Gasteiger partial charge in [0.25, 0.3) is 5.56 Å². The van der Waals surface area contributed by atoms with Gasteiger partial charge in [0, 0.05) is 9.89 Å². The Balaban J connectivity index is 1.72. The molecule has 0 aliphatic carbocycles. The summed E-state index contributed by atoms with van der Waals surface area (Å²) in [5.74, 6) is 1.63. The van der Waals surface area contributed by atoms with Gasteiger partial charge in [-0.3, -0.25) is 4.79 Å². The van der Waals surface area contributed by atoms with Crippen LogP contribution in [0.15, 0.2) is 67.4 Å². The quantitative estimate of drug-likeness (QED) is 0.184. The van der Waals surface area contributed by atoms with Crippen molar-refractivity contribution in [2.24, 2.45) is 5.10 Å². The van der Waals surface area contributed by atoms with Crippen LogP contribution in [0.3, 0.4) is 0 Å². The number of ether oxygens (including phenoxy) is 2. The Morgan fingerprint density at radius 2 is 1.79 bits per heavy atom. The van der Waals surface area contributed by atoms with Gasteiger partial charge in [0.1, 0.15) is 12.4 Å². The van der Waals surface area contributed by atoms with Crippen molar-refractivity contribution >= 4 is 72.2 Å². The first kappa shape index (κ1) is 28.6. The molecule has 0 amide bonds. The third-order valence-electron chi connectivity index (χ3n) is 5.50. The van der Waals surface area contributed by atoms with Gasteiger partial charge in [0.05, 0.1) is 38.2 Å². The molecular weight excluding hydrogens is 657 g/mol. The summed E-state index contributed by atoms with van der Waals surface area (Å²) in [5, 5.41) is 5.99. The first-order valence-electron chi connectivity index (χ1n) is 11.8. The van der Waals surface area contributed by atoms with Crippen molar-refractivity contribution < 1.29 is 9.47 Å².